The Morgan fingerprint density at radius 2 is 2.18 bits per heavy atom. The zero-order valence-corrected chi connectivity index (χ0v) is 12.1. The van der Waals surface area contributed by atoms with Crippen LogP contribution in [-0.4, -0.2) is 48.7 Å². The van der Waals surface area contributed by atoms with E-state index in [1.807, 2.05) is 6.07 Å². The van der Waals surface area contributed by atoms with E-state index in [1.54, 1.807) is 36.1 Å². The van der Waals surface area contributed by atoms with E-state index in [-0.39, 0.29) is 5.91 Å². The van der Waals surface area contributed by atoms with Crippen LogP contribution in [0.4, 0.5) is 0 Å². The Balaban J connectivity index is 1.93. The highest BCUT2D eigenvalue weighted by Crippen LogP contribution is 2.31. The van der Waals surface area contributed by atoms with Crippen molar-refractivity contribution in [3.8, 4) is 5.69 Å². The minimum atomic E-state index is -1.14. The summed E-state index contributed by atoms with van der Waals surface area (Å²) in [5.41, 5.74) is 0.0160. The van der Waals surface area contributed by atoms with Crippen molar-refractivity contribution in [2.24, 2.45) is 0 Å². The number of likely N-dealkylation sites (tertiary alicyclic amines) is 1. The molecule has 0 bridgehead atoms. The largest absolute Gasteiger partial charge is 0.480 e. The van der Waals surface area contributed by atoms with Gasteiger partial charge in [0.25, 0.3) is 5.91 Å². The van der Waals surface area contributed by atoms with Crippen LogP contribution in [-0.2, 0) is 4.79 Å². The van der Waals surface area contributed by atoms with Crippen LogP contribution in [0.1, 0.15) is 30.1 Å². The molecule has 1 aliphatic rings. The van der Waals surface area contributed by atoms with Gasteiger partial charge in [0.1, 0.15) is 18.2 Å². The van der Waals surface area contributed by atoms with Gasteiger partial charge >= 0.3 is 5.97 Å². The highest BCUT2D eigenvalue weighted by atomic mass is 16.4. The minimum Gasteiger partial charge on any atom is -0.480 e. The number of carboxylic acid groups (broad SMARTS) is 1. The molecule has 1 amide bonds. The number of hydrogen-bond donors (Lipinski definition) is 1. The van der Waals surface area contributed by atoms with Crippen LogP contribution < -0.4 is 0 Å². The lowest BCUT2D eigenvalue weighted by molar-refractivity contribution is -0.147. The molecule has 2 heterocycles. The summed E-state index contributed by atoms with van der Waals surface area (Å²) in [7, 11) is 0. The fourth-order valence-corrected chi connectivity index (χ4v) is 2.79. The smallest absolute Gasteiger partial charge is 0.329 e. The van der Waals surface area contributed by atoms with E-state index in [9.17, 15) is 14.7 Å². The lowest BCUT2D eigenvalue weighted by atomic mass is 9.98. The molecule has 0 saturated carbocycles. The van der Waals surface area contributed by atoms with Crippen molar-refractivity contribution in [2.45, 2.75) is 25.3 Å². The van der Waals surface area contributed by atoms with Gasteiger partial charge in [-0.3, -0.25) is 4.79 Å². The van der Waals surface area contributed by atoms with Crippen LogP contribution in [0.15, 0.2) is 36.9 Å². The first-order valence-corrected chi connectivity index (χ1v) is 7.03. The Kier molecular flexibility index (Phi) is 3.40. The summed E-state index contributed by atoms with van der Waals surface area (Å²) in [5, 5.41) is 13.5. The number of rotatable bonds is 3. The molecule has 0 spiro atoms. The monoisotopic (exact) mass is 300 g/mol. The normalized spacial score (nSPS) is 21.0. The molecule has 1 aromatic heterocycles. The third kappa shape index (κ3) is 2.24. The number of carboxylic acids is 1. The molecule has 114 valence electrons. The van der Waals surface area contributed by atoms with E-state index in [1.165, 1.54) is 11.2 Å². The lowest BCUT2D eigenvalue weighted by Gasteiger charge is -2.31. The van der Waals surface area contributed by atoms with Crippen molar-refractivity contribution >= 4 is 11.9 Å². The molecule has 7 nitrogen and oxygen atoms in total. The van der Waals surface area contributed by atoms with Crippen LogP contribution >= 0.6 is 0 Å². The zero-order valence-electron chi connectivity index (χ0n) is 12.1. The molecule has 7 heteroatoms. The van der Waals surface area contributed by atoms with E-state index in [0.717, 1.165) is 0 Å². The summed E-state index contributed by atoms with van der Waals surface area (Å²) in [5.74, 6) is -1.24. The Morgan fingerprint density at radius 1 is 1.36 bits per heavy atom. The van der Waals surface area contributed by atoms with E-state index < -0.39 is 11.5 Å². The molecule has 22 heavy (non-hydrogen) atoms. The number of hydrogen-bond acceptors (Lipinski definition) is 4. The van der Waals surface area contributed by atoms with Gasteiger partial charge < -0.3 is 10.0 Å². The second-order valence-electron chi connectivity index (χ2n) is 5.53. The van der Waals surface area contributed by atoms with Crippen molar-refractivity contribution < 1.29 is 14.7 Å². The SMILES string of the molecule is CC1(C(=O)O)CCCN1C(=O)c1cccc(-n2cncn2)c1. The first-order valence-electron chi connectivity index (χ1n) is 7.03. The van der Waals surface area contributed by atoms with Gasteiger partial charge in [0, 0.05) is 12.1 Å². The Hall–Kier alpha value is -2.70. The number of aromatic nitrogens is 3. The number of amides is 1. The first-order chi connectivity index (χ1) is 10.5. The van der Waals surface area contributed by atoms with Gasteiger partial charge in [0.2, 0.25) is 0 Å². The highest BCUT2D eigenvalue weighted by Gasteiger charge is 2.46. The molecule has 3 rings (SSSR count). The van der Waals surface area contributed by atoms with Crippen LogP contribution in [0.3, 0.4) is 0 Å². The first kappa shape index (κ1) is 14.2. The number of aliphatic carboxylic acids is 1. The van der Waals surface area contributed by atoms with Crippen molar-refractivity contribution in [3.05, 3.63) is 42.5 Å². The molecule has 0 aliphatic carbocycles. The third-order valence-electron chi connectivity index (χ3n) is 4.12. The maximum atomic E-state index is 12.7. The molecule has 1 aliphatic heterocycles. The fourth-order valence-electron chi connectivity index (χ4n) is 2.79. The molecule has 1 unspecified atom stereocenters. The fraction of sp³-hybridized carbons (Fsp3) is 0.333. The van der Waals surface area contributed by atoms with Gasteiger partial charge in [-0.25, -0.2) is 14.5 Å². The molecule has 1 atom stereocenters. The standard InChI is InChI=1S/C15H16N4O3/c1-15(14(21)22)6-3-7-18(15)13(20)11-4-2-5-12(8-11)19-10-16-9-17-19/h2,4-5,8-10H,3,6-7H2,1H3,(H,21,22). The van der Waals surface area contributed by atoms with Gasteiger partial charge in [-0.15, -0.1) is 0 Å². The quantitative estimate of drug-likeness (QED) is 0.924. The number of nitrogens with zero attached hydrogens (tertiary/aromatic N) is 4. The van der Waals surface area contributed by atoms with E-state index in [4.69, 9.17) is 0 Å². The number of carbonyl (C=O) groups excluding carboxylic acids is 1. The molecule has 1 N–H and O–H groups in total. The summed E-state index contributed by atoms with van der Waals surface area (Å²) in [6.07, 6.45) is 4.12. The molecule has 1 aromatic carbocycles. The molecule has 1 saturated heterocycles. The predicted molar refractivity (Wildman–Crippen MR) is 77.7 cm³/mol. The van der Waals surface area contributed by atoms with Gasteiger partial charge in [0.05, 0.1) is 5.69 Å². The van der Waals surface area contributed by atoms with Crippen molar-refractivity contribution in [2.75, 3.05) is 6.54 Å². The van der Waals surface area contributed by atoms with Gasteiger partial charge in [-0.05, 0) is 38.0 Å². The maximum absolute atomic E-state index is 12.7. The van der Waals surface area contributed by atoms with E-state index in [0.29, 0.717) is 30.6 Å². The maximum Gasteiger partial charge on any atom is 0.329 e. The summed E-state index contributed by atoms with van der Waals surface area (Å²) >= 11 is 0. The Morgan fingerprint density at radius 3 is 2.86 bits per heavy atom. The van der Waals surface area contributed by atoms with Crippen molar-refractivity contribution in [3.63, 3.8) is 0 Å². The Labute approximate surface area is 127 Å². The minimum absolute atomic E-state index is 0.274. The topological polar surface area (TPSA) is 88.3 Å². The van der Waals surface area contributed by atoms with Gasteiger partial charge in [-0.2, -0.15) is 5.10 Å². The highest BCUT2D eigenvalue weighted by molar-refractivity contribution is 5.98. The third-order valence-corrected chi connectivity index (χ3v) is 4.12. The summed E-state index contributed by atoms with van der Waals surface area (Å²) in [6.45, 7) is 2.05. The molecular formula is C15H16N4O3. The van der Waals surface area contributed by atoms with Crippen LogP contribution in [0.25, 0.3) is 5.69 Å². The lowest BCUT2D eigenvalue weighted by Crippen LogP contribution is -2.50. The molecule has 2 aromatic rings. The molecule has 1 fully saturated rings. The van der Waals surface area contributed by atoms with Gasteiger partial charge in [0.15, 0.2) is 0 Å². The Bertz CT molecular complexity index is 713. The number of carbonyl (C=O) groups is 2. The average molecular weight is 300 g/mol. The second kappa shape index (κ2) is 5.25. The van der Waals surface area contributed by atoms with E-state index >= 15 is 0 Å². The zero-order chi connectivity index (χ0) is 15.7. The van der Waals surface area contributed by atoms with Crippen LogP contribution in [0, 0.1) is 0 Å². The van der Waals surface area contributed by atoms with Crippen LogP contribution in [0.2, 0.25) is 0 Å². The van der Waals surface area contributed by atoms with E-state index in [2.05, 4.69) is 10.1 Å². The summed E-state index contributed by atoms with van der Waals surface area (Å²) in [4.78, 5) is 29.5. The predicted octanol–water partition coefficient (Wildman–Crippen LogP) is 1.35. The summed E-state index contributed by atoms with van der Waals surface area (Å²) in [6, 6.07) is 6.94. The average Bonchev–Trinajstić information content (AvgIpc) is 3.17. The second-order valence-corrected chi connectivity index (χ2v) is 5.53. The van der Waals surface area contributed by atoms with Crippen LogP contribution in [0.5, 0.6) is 0 Å². The van der Waals surface area contributed by atoms with Crippen molar-refractivity contribution in [1.82, 2.24) is 19.7 Å². The molecule has 0 radical (unpaired) electrons. The van der Waals surface area contributed by atoms with Gasteiger partial charge in [-0.1, -0.05) is 6.07 Å². The van der Waals surface area contributed by atoms with Crippen molar-refractivity contribution in [1.29, 1.82) is 0 Å². The number of benzene rings is 1. The molecular weight excluding hydrogens is 284 g/mol. The summed E-state index contributed by atoms with van der Waals surface area (Å²) < 4.78 is 1.55.